The number of hydrogen-bond acceptors (Lipinski definition) is 3. The van der Waals surface area contributed by atoms with Gasteiger partial charge in [0, 0.05) is 38.1 Å². The summed E-state index contributed by atoms with van der Waals surface area (Å²) in [7, 11) is 2.14. The molecule has 3 atom stereocenters. The molecule has 0 radical (unpaired) electrons. The van der Waals surface area contributed by atoms with Crippen molar-refractivity contribution >= 4 is 0 Å². The molecule has 0 unspecified atom stereocenters. The monoisotopic (exact) mass is 289 g/mol. The molecule has 2 rings (SSSR count). The van der Waals surface area contributed by atoms with Crippen LogP contribution in [0.4, 0.5) is 8.78 Å². The molecular formula is C15H29F2N3. The van der Waals surface area contributed by atoms with Gasteiger partial charge < -0.3 is 10.6 Å². The number of nitrogens with zero attached hydrogens (tertiary/aromatic N) is 2. The lowest BCUT2D eigenvalue weighted by atomic mass is 9.86. The topological polar surface area (TPSA) is 32.5 Å². The Balaban J connectivity index is 1.92. The van der Waals surface area contributed by atoms with Crippen LogP contribution in [0.5, 0.6) is 0 Å². The molecule has 20 heavy (non-hydrogen) atoms. The zero-order valence-corrected chi connectivity index (χ0v) is 13.0. The van der Waals surface area contributed by atoms with Crippen LogP contribution in [0.25, 0.3) is 0 Å². The molecule has 1 saturated heterocycles. The fourth-order valence-corrected chi connectivity index (χ4v) is 3.74. The average Bonchev–Trinajstić information content (AvgIpc) is 2.81. The Morgan fingerprint density at radius 2 is 2.05 bits per heavy atom. The number of halogens is 2. The summed E-state index contributed by atoms with van der Waals surface area (Å²) in [6, 6.07) is -0.651. The van der Waals surface area contributed by atoms with Gasteiger partial charge in [-0.3, -0.25) is 4.90 Å². The third-order valence-electron chi connectivity index (χ3n) is 4.85. The summed E-state index contributed by atoms with van der Waals surface area (Å²) in [5.74, 6) is -2.06. The average molecular weight is 289 g/mol. The quantitative estimate of drug-likeness (QED) is 0.861. The number of nitrogens with two attached hydrogens (primary N) is 1. The van der Waals surface area contributed by atoms with E-state index in [2.05, 4.69) is 30.7 Å². The molecular weight excluding hydrogens is 260 g/mol. The summed E-state index contributed by atoms with van der Waals surface area (Å²) in [5.41, 5.74) is 5.83. The predicted octanol–water partition coefficient (Wildman–Crippen LogP) is 2.16. The first-order valence-corrected chi connectivity index (χ1v) is 7.89. The molecule has 0 spiro atoms. The fraction of sp³-hybridized carbons (Fsp3) is 1.00. The van der Waals surface area contributed by atoms with E-state index in [1.165, 1.54) is 0 Å². The van der Waals surface area contributed by atoms with E-state index in [9.17, 15) is 8.78 Å². The van der Waals surface area contributed by atoms with Crippen molar-refractivity contribution in [1.29, 1.82) is 0 Å². The molecule has 2 N–H and O–H groups in total. The summed E-state index contributed by atoms with van der Waals surface area (Å²) in [5, 5.41) is 0. The summed E-state index contributed by atoms with van der Waals surface area (Å²) < 4.78 is 27.5. The van der Waals surface area contributed by atoms with Crippen molar-refractivity contribution in [2.45, 2.75) is 63.6 Å². The predicted molar refractivity (Wildman–Crippen MR) is 78.0 cm³/mol. The van der Waals surface area contributed by atoms with E-state index in [1.807, 2.05) is 0 Å². The highest BCUT2D eigenvalue weighted by molar-refractivity contribution is 4.99. The maximum atomic E-state index is 13.8. The minimum Gasteiger partial charge on any atom is -0.321 e. The standard InChI is InChI=1S/C15H29F2N3/c1-11(2)9-19(3)12-6-8-20(10-12)13-5-4-7-15(16,17)14(13)18/h11-14H,4-10,18H2,1-3H3/t12-,13-,14+/m0/s1. The lowest BCUT2D eigenvalue weighted by molar-refractivity contribution is -0.0802. The van der Waals surface area contributed by atoms with E-state index < -0.39 is 12.0 Å². The van der Waals surface area contributed by atoms with Gasteiger partial charge in [0.1, 0.15) is 0 Å². The van der Waals surface area contributed by atoms with Gasteiger partial charge in [-0.15, -0.1) is 0 Å². The van der Waals surface area contributed by atoms with E-state index >= 15 is 0 Å². The van der Waals surface area contributed by atoms with Crippen molar-refractivity contribution in [3.05, 3.63) is 0 Å². The Hall–Kier alpha value is -0.260. The largest absolute Gasteiger partial charge is 0.321 e. The molecule has 5 heteroatoms. The Bertz CT molecular complexity index is 322. The van der Waals surface area contributed by atoms with Crippen molar-refractivity contribution in [3.63, 3.8) is 0 Å². The Labute approximate surface area is 121 Å². The van der Waals surface area contributed by atoms with Crippen LogP contribution >= 0.6 is 0 Å². The van der Waals surface area contributed by atoms with Gasteiger partial charge in [-0.2, -0.15) is 0 Å². The highest BCUT2D eigenvalue weighted by Gasteiger charge is 2.47. The van der Waals surface area contributed by atoms with Crippen LogP contribution in [-0.2, 0) is 0 Å². The maximum Gasteiger partial charge on any atom is 0.264 e. The van der Waals surface area contributed by atoms with Crippen LogP contribution in [-0.4, -0.2) is 60.5 Å². The summed E-state index contributed by atoms with van der Waals surface area (Å²) in [6.45, 7) is 7.27. The van der Waals surface area contributed by atoms with E-state index in [0.717, 1.165) is 32.5 Å². The normalized spacial score (nSPS) is 35.1. The van der Waals surface area contributed by atoms with Gasteiger partial charge in [0.25, 0.3) is 5.92 Å². The molecule has 0 bridgehead atoms. The molecule has 2 fully saturated rings. The number of alkyl halides is 2. The molecule has 2 aliphatic rings. The molecule has 1 aliphatic heterocycles. The Morgan fingerprint density at radius 3 is 2.70 bits per heavy atom. The van der Waals surface area contributed by atoms with E-state index in [4.69, 9.17) is 5.73 Å². The zero-order chi connectivity index (χ0) is 14.9. The van der Waals surface area contributed by atoms with Gasteiger partial charge in [0.2, 0.25) is 0 Å². The third-order valence-corrected chi connectivity index (χ3v) is 4.85. The Morgan fingerprint density at radius 1 is 1.35 bits per heavy atom. The second kappa shape index (κ2) is 6.24. The molecule has 0 amide bonds. The first-order valence-electron chi connectivity index (χ1n) is 7.89. The van der Waals surface area contributed by atoms with E-state index in [0.29, 0.717) is 18.4 Å². The highest BCUT2D eigenvalue weighted by atomic mass is 19.3. The molecule has 1 aliphatic carbocycles. The van der Waals surface area contributed by atoms with Crippen molar-refractivity contribution in [2.75, 3.05) is 26.7 Å². The second-order valence-electron chi connectivity index (χ2n) is 7.02. The molecule has 0 aromatic carbocycles. The van der Waals surface area contributed by atoms with Crippen LogP contribution in [0.15, 0.2) is 0 Å². The molecule has 1 saturated carbocycles. The SMILES string of the molecule is CC(C)CN(C)[C@H]1CCN([C@H]2CCCC(F)(F)[C@@H]2N)C1. The van der Waals surface area contributed by atoms with Gasteiger partial charge >= 0.3 is 0 Å². The van der Waals surface area contributed by atoms with Gasteiger partial charge in [-0.1, -0.05) is 13.8 Å². The molecule has 0 aromatic heterocycles. The third kappa shape index (κ3) is 3.49. The van der Waals surface area contributed by atoms with E-state index in [1.54, 1.807) is 0 Å². The molecule has 3 nitrogen and oxygen atoms in total. The number of likely N-dealkylation sites (tertiary alicyclic amines) is 1. The maximum absolute atomic E-state index is 13.8. The lowest BCUT2D eigenvalue weighted by Gasteiger charge is -2.40. The lowest BCUT2D eigenvalue weighted by Crippen LogP contribution is -2.58. The van der Waals surface area contributed by atoms with Crippen LogP contribution < -0.4 is 5.73 Å². The first kappa shape index (κ1) is 16.1. The van der Waals surface area contributed by atoms with Gasteiger partial charge in [0.15, 0.2) is 0 Å². The summed E-state index contributed by atoms with van der Waals surface area (Å²) in [4.78, 5) is 4.58. The minimum atomic E-state index is -2.69. The first-order chi connectivity index (χ1) is 9.31. The smallest absolute Gasteiger partial charge is 0.264 e. The van der Waals surface area contributed by atoms with Gasteiger partial charge in [0.05, 0.1) is 6.04 Å². The van der Waals surface area contributed by atoms with Crippen molar-refractivity contribution in [2.24, 2.45) is 11.7 Å². The van der Waals surface area contributed by atoms with Crippen LogP contribution in [0, 0.1) is 5.92 Å². The van der Waals surface area contributed by atoms with Gasteiger partial charge in [-0.25, -0.2) is 8.78 Å². The molecule has 118 valence electrons. The van der Waals surface area contributed by atoms with Crippen molar-refractivity contribution in [3.8, 4) is 0 Å². The second-order valence-corrected chi connectivity index (χ2v) is 7.02. The fourth-order valence-electron chi connectivity index (χ4n) is 3.74. The van der Waals surface area contributed by atoms with Crippen LogP contribution in [0.3, 0.4) is 0 Å². The molecule has 0 aromatic rings. The number of rotatable bonds is 4. The number of hydrogen-bond donors (Lipinski definition) is 1. The summed E-state index contributed by atoms with van der Waals surface area (Å²) >= 11 is 0. The van der Waals surface area contributed by atoms with Gasteiger partial charge in [-0.05, 0) is 32.2 Å². The molecule has 1 heterocycles. The van der Waals surface area contributed by atoms with E-state index in [-0.39, 0.29) is 12.5 Å². The number of likely N-dealkylation sites (N-methyl/N-ethyl adjacent to an activating group) is 1. The Kier molecular flexibility index (Phi) is 5.03. The highest BCUT2D eigenvalue weighted by Crippen LogP contribution is 2.36. The van der Waals surface area contributed by atoms with Crippen molar-refractivity contribution in [1.82, 2.24) is 9.80 Å². The van der Waals surface area contributed by atoms with Crippen LogP contribution in [0.2, 0.25) is 0 Å². The van der Waals surface area contributed by atoms with Crippen molar-refractivity contribution < 1.29 is 8.78 Å². The van der Waals surface area contributed by atoms with Crippen LogP contribution in [0.1, 0.15) is 39.5 Å². The zero-order valence-electron chi connectivity index (χ0n) is 13.0. The minimum absolute atomic E-state index is 0.0464. The summed E-state index contributed by atoms with van der Waals surface area (Å²) in [6.07, 6.45) is 2.43.